The minimum absolute atomic E-state index is 0.132. The molecule has 0 saturated heterocycles. The van der Waals surface area contributed by atoms with Crippen LogP contribution in [0.25, 0.3) is 16.9 Å². The maximum absolute atomic E-state index is 4.51. The molecule has 0 spiro atoms. The zero-order chi connectivity index (χ0) is 19.0. The maximum atomic E-state index is 4.51. The largest absolute Gasteiger partial charge is 0.349 e. The summed E-state index contributed by atoms with van der Waals surface area (Å²) in [5.41, 5.74) is 0.843. The van der Waals surface area contributed by atoms with Gasteiger partial charge in [0.1, 0.15) is 18.5 Å². The molecule has 0 aliphatic rings. The smallest absolute Gasteiger partial charge is 0.252 e. The Morgan fingerprint density at radius 2 is 1.78 bits per heavy atom. The second kappa shape index (κ2) is 7.28. The van der Waals surface area contributed by atoms with Gasteiger partial charge in [0.25, 0.3) is 5.95 Å². The normalized spacial score (nSPS) is 12.3. The number of benzene rings is 1. The Kier molecular flexibility index (Phi) is 4.83. The van der Waals surface area contributed by atoms with Gasteiger partial charge >= 0.3 is 0 Å². The molecule has 3 heterocycles. The van der Waals surface area contributed by atoms with Crippen LogP contribution in [0.1, 0.15) is 18.8 Å². The number of hydrogen-bond donors (Lipinski definition) is 0. The van der Waals surface area contributed by atoms with E-state index >= 15 is 0 Å². The third-order valence-corrected chi connectivity index (χ3v) is 5.30. The van der Waals surface area contributed by atoms with Crippen LogP contribution >= 0.6 is 31.9 Å². The molecule has 4 aromatic rings. The topological polar surface area (TPSA) is 85.5 Å². The Hall–Kier alpha value is -2.46. The first-order valence-electron chi connectivity index (χ1n) is 8.06. The maximum Gasteiger partial charge on any atom is 0.252 e. The van der Waals surface area contributed by atoms with E-state index in [0.717, 1.165) is 25.7 Å². The molecule has 1 atom stereocenters. The molecule has 10 heteroatoms. The summed E-state index contributed by atoms with van der Waals surface area (Å²) in [4.78, 5) is 23.9. The summed E-state index contributed by atoms with van der Waals surface area (Å²) in [6.45, 7) is 2.03. The zero-order valence-corrected chi connectivity index (χ0v) is 17.6. The van der Waals surface area contributed by atoms with Crippen LogP contribution in [0.3, 0.4) is 0 Å². The number of rotatable bonds is 4. The summed E-state index contributed by atoms with van der Waals surface area (Å²) in [6, 6.07) is 5.60. The first-order valence-corrected chi connectivity index (χ1v) is 9.64. The number of fused-ring (bicyclic) bond motifs is 1. The molecule has 0 aliphatic heterocycles. The molecule has 0 fully saturated rings. The average Bonchev–Trinajstić information content (AvgIpc) is 3.17. The summed E-state index contributed by atoms with van der Waals surface area (Å²) < 4.78 is 3.48. The fraction of sp³-hybridized carbons (Fsp3) is 0.176. The minimum Gasteiger partial charge on any atom is -0.349 e. The highest BCUT2D eigenvalue weighted by Gasteiger charge is 2.23. The van der Waals surface area contributed by atoms with E-state index in [-0.39, 0.29) is 6.04 Å². The summed E-state index contributed by atoms with van der Waals surface area (Å²) in [5.74, 6) is 1.98. The van der Waals surface area contributed by atoms with Gasteiger partial charge in [0, 0.05) is 33.8 Å². The Bertz CT molecular complexity index is 1100. The highest BCUT2D eigenvalue weighted by atomic mass is 79.9. The highest BCUT2D eigenvalue weighted by molar-refractivity contribution is 9.11. The molecule has 0 aliphatic carbocycles. The predicted octanol–water partition coefficient (Wildman–Crippen LogP) is 3.72. The lowest BCUT2D eigenvalue weighted by atomic mass is 10.2. The van der Waals surface area contributed by atoms with Crippen molar-refractivity contribution in [3.8, 4) is 5.95 Å². The summed E-state index contributed by atoms with van der Waals surface area (Å²) in [5, 5.41) is 5.21. The van der Waals surface area contributed by atoms with E-state index in [9.17, 15) is 0 Å². The van der Waals surface area contributed by atoms with Crippen molar-refractivity contribution in [3.63, 3.8) is 0 Å². The monoisotopic (exact) mass is 488 g/mol. The molecule has 3 aromatic heterocycles. The molecule has 0 bridgehead atoms. The molecule has 0 N–H and O–H groups in total. The van der Waals surface area contributed by atoms with Gasteiger partial charge in [-0.3, -0.25) is 0 Å². The van der Waals surface area contributed by atoms with E-state index in [1.807, 2.05) is 31.0 Å². The molecular weight excluding hydrogens is 476 g/mol. The number of hydrogen-bond acceptors (Lipinski definition) is 7. The van der Waals surface area contributed by atoms with Gasteiger partial charge in [-0.2, -0.15) is 9.78 Å². The van der Waals surface area contributed by atoms with E-state index in [1.165, 1.54) is 6.33 Å². The van der Waals surface area contributed by atoms with Crippen LogP contribution in [0, 0.1) is 0 Å². The number of aromatic nitrogens is 7. The van der Waals surface area contributed by atoms with Gasteiger partial charge in [-0.05, 0) is 41.1 Å². The second-order valence-corrected chi connectivity index (χ2v) is 7.62. The van der Waals surface area contributed by atoms with E-state index in [4.69, 9.17) is 0 Å². The highest BCUT2D eigenvalue weighted by Crippen LogP contribution is 2.34. The molecule has 0 amide bonds. The standard InChI is InChI=1S/C17H14Br2N8/c1-10(15-24-9-25-27(15)17-20-4-3-5-21-17)26(2)16-12-6-11(18)7-13(19)14(12)22-8-23-16/h3-10H,1-2H3. The lowest BCUT2D eigenvalue weighted by Crippen LogP contribution is -2.26. The van der Waals surface area contributed by atoms with Crippen LogP contribution in [0.2, 0.25) is 0 Å². The third kappa shape index (κ3) is 3.30. The quantitative estimate of drug-likeness (QED) is 0.431. The van der Waals surface area contributed by atoms with E-state index in [0.29, 0.717) is 11.8 Å². The Labute approximate surface area is 172 Å². The van der Waals surface area contributed by atoms with Gasteiger partial charge in [0.05, 0.1) is 11.6 Å². The predicted molar refractivity (Wildman–Crippen MR) is 109 cm³/mol. The number of nitrogens with zero attached hydrogens (tertiary/aromatic N) is 8. The van der Waals surface area contributed by atoms with Crippen LogP contribution in [0.5, 0.6) is 0 Å². The van der Waals surface area contributed by atoms with Gasteiger partial charge in [0.2, 0.25) is 0 Å². The molecule has 136 valence electrons. The van der Waals surface area contributed by atoms with E-state index < -0.39 is 0 Å². The Morgan fingerprint density at radius 1 is 1.00 bits per heavy atom. The number of halogens is 2. The lowest BCUT2D eigenvalue weighted by molar-refractivity contribution is 0.633. The molecule has 1 unspecified atom stereocenters. The van der Waals surface area contributed by atoms with Crippen LogP contribution in [-0.4, -0.2) is 41.7 Å². The molecular formula is C17H14Br2N8. The van der Waals surface area contributed by atoms with Crippen molar-refractivity contribution < 1.29 is 0 Å². The number of anilines is 1. The van der Waals surface area contributed by atoms with Gasteiger partial charge < -0.3 is 4.90 Å². The van der Waals surface area contributed by atoms with Gasteiger partial charge in [-0.15, -0.1) is 0 Å². The van der Waals surface area contributed by atoms with Crippen molar-refractivity contribution in [2.45, 2.75) is 13.0 Å². The van der Waals surface area contributed by atoms with Crippen LogP contribution in [0.15, 0.2) is 52.2 Å². The van der Waals surface area contributed by atoms with Crippen molar-refractivity contribution in [2.75, 3.05) is 11.9 Å². The fourth-order valence-electron chi connectivity index (χ4n) is 2.81. The van der Waals surface area contributed by atoms with Crippen molar-refractivity contribution >= 4 is 48.6 Å². The molecule has 27 heavy (non-hydrogen) atoms. The third-order valence-electron chi connectivity index (χ3n) is 4.24. The van der Waals surface area contributed by atoms with E-state index in [1.54, 1.807) is 29.5 Å². The van der Waals surface area contributed by atoms with Gasteiger partial charge in [-0.1, -0.05) is 15.9 Å². The van der Waals surface area contributed by atoms with Gasteiger partial charge in [-0.25, -0.2) is 24.9 Å². The molecule has 0 saturated carbocycles. The summed E-state index contributed by atoms with van der Waals surface area (Å²) in [6.07, 6.45) is 6.41. The van der Waals surface area contributed by atoms with E-state index in [2.05, 4.69) is 61.9 Å². The zero-order valence-electron chi connectivity index (χ0n) is 14.5. The SMILES string of the molecule is CC(c1ncnn1-c1ncccn1)N(C)c1ncnc2c(Br)cc(Br)cc12. The molecule has 1 aromatic carbocycles. The lowest BCUT2D eigenvalue weighted by Gasteiger charge is -2.26. The van der Waals surface area contributed by atoms with Crippen molar-refractivity contribution in [3.05, 3.63) is 58.0 Å². The minimum atomic E-state index is -0.132. The van der Waals surface area contributed by atoms with Gasteiger partial charge in [0.15, 0.2) is 5.82 Å². The van der Waals surface area contributed by atoms with Crippen LogP contribution in [-0.2, 0) is 0 Å². The summed E-state index contributed by atoms with van der Waals surface area (Å²) >= 11 is 7.10. The summed E-state index contributed by atoms with van der Waals surface area (Å²) in [7, 11) is 1.96. The van der Waals surface area contributed by atoms with Crippen LogP contribution in [0.4, 0.5) is 5.82 Å². The second-order valence-electron chi connectivity index (χ2n) is 5.85. The Balaban J connectivity index is 1.78. The average molecular weight is 490 g/mol. The fourth-order valence-corrected chi connectivity index (χ4v) is 4.13. The molecule has 4 rings (SSSR count). The van der Waals surface area contributed by atoms with Crippen molar-refractivity contribution in [2.24, 2.45) is 0 Å². The molecule has 0 radical (unpaired) electrons. The van der Waals surface area contributed by atoms with Crippen molar-refractivity contribution in [1.29, 1.82) is 0 Å². The van der Waals surface area contributed by atoms with Crippen molar-refractivity contribution in [1.82, 2.24) is 34.7 Å². The Morgan fingerprint density at radius 3 is 2.56 bits per heavy atom. The van der Waals surface area contributed by atoms with Crippen LogP contribution < -0.4 is 4.90 Å². The molecule has 8 nitrogen and oxygen atoms in total. The first-order chi connectivity index (χ1) is 13.1. The first kappa shape index (κ1) is 17.9.